The van der Waals surface area contributed by atoms with E-state index < -0.39 is 0 Å². The summed E-state index contributed by atoms with van der Waals surface area (Å²) < 4.78 is 0. The van der Waals surface area contributed by atoms with Gasteiger partial charge in [-0.25, -0.2) is 0 Å². The van der Waals surface area contributed by atoms with E-state index in [1.165, 1.54) is 32.1 Å². The van der Waals surface area contributed by atoms with Gasteiger partial charge in [0.05, 0.1) is 0 Å². The Labute approximate surface area is 83.9 Å². The van der Waals surface area contributed by atoms with Crippen molar-refractivity contribution in [2.75, 3.05) is 7.05 Å². The molecule has 1 N–H and O–H groups in total. The smallest absolute Gasteiger partial charge is 0.116 e. The van der Waals surface area contributed by atoms with E-state index >= 15 is 0 Å². The van der Waals surface area contributed by atoms with Gasteiger partial charge in [-0.2, -0.15) is 0 Å². The molecule has 2 aliphatic rings. The van der Waals surface area contributed by atoms with E-state index in [1.807, 2.05) is 0 Å². The van der Waals surface area contributed by atoms with Gasteiger partial charge in [-0.05, 0) is 62.2 Å². The van der Waals surface area contributed by atoms with Crippen molar-refractivity contribution in [2.24, 2.45) is 17.8 Å². The Morgan fingerprint density at radius 1 is 1.15 bits per heavy atom. The molecule has 1 nitrogen and oxygen atoms in total. The summed E-state index contributed by atoms with van der Waals surface area (Å²) in [6, 6.07) is 0. The second-order valence-corrected chi connectivity index (χ2v) is 5.68. The van der Waals surface area contributed by atoms with Crippen molar-refractivity contribution in [1.29, 1.82) is 0 Å². The zero-order chi connectivity index (χ0) is 9.47. The molecule has 2 bridgehead atoms. The monoisotopic (exact) mass is 177 g/mol. The molecular formula is C10H21B2N. The largest absolute Gasteiger partial charge is 0.330 e. The highest BCUT2D eigenvalue weighted by molar-refractivity contribution is 6.39. The third-order valence-corrected chi connectivity index (χ3v) is 4.45. The molecule has 0 aromatic rings. The van der Waals surface area contributed by atoms with Crippen molar-refractivity contribution in [3.63, 3.8) is 0 Å². The molecule has 0 aromatic heterocycles. The number of fused-ring (bicyclic) bond motifs is 2. The predicted molar refractivity (Wildman–Crippen MR) is 62.4 cm³/mol. The number of nitrogens with one attached hydrogen (secondary N) is 1. The molecule has 0 atom stereocenters. The van der Waals surface area contributed by atoms with Crippen molar-refractivity contribution in [3.8, 4) is 0 Å². The SMILES string of the molecule is BC(B)(CC1C2CCC1CC2)NC. The van der Waals surface area contributed by atoms with Gasteiger partial charge in [-0.1, -0.05) is 0 Å². The van der Waals surface area contributed by atoms with Crippen LogP contribution in [0, 0.1) is 17.8 Å². The van der Waals surface area contributed by atoms with Crippen LogP contribution in [0.4, 0.5) is 0 Å². The van der Waals surface area contributed by atoms with Gasteiger partial charge in [0, 0.05) is 0 Å². The molecular weight excluding hydrogens is 156 g/mol. The Kier molecular flexibility index (Phi) is 2.48. The van der Waals surface area contributed by atoms with Gasteiger partial charge in [0.1, 0.15) is 15.7 Å². The summed E-state index contributed by atoms with van der Waals surface area (Å²) in [6.45, 7) is 0. The fourth-order valence-electron chi connectivity index (χ4n) is 3.41. The maximum absolute atomic E-state index is 3.44. The van der Waals surface area contributed by atoms with Gasteiger partial charge in [-0.15, -0.1) is 0 Å². The summed E-state index contributed by atoms with van der Waals surface area (Å²) in [5.74, 6) is 3.21. The highest BCUT2D eigenvalue weighted by atomic mass is 14.9. The lowest BCUT2D eigenvalue weighted by Gasteiger charge is -2.30. The van der Waals surface area contributed by atoms with E-state index in [9.17, 15) is 0 Å². The van der Waals surface area contributed by atoms with Gasteiger partial charge in [0.2, 0.25) is 0 Å². The first-order valence-corrected chi connectivity index (χ1v) is 5.81. The molecule has 0 amide bonds. The fourth-order valence-corrected chi connectivity index (χ4v) is 3.41. The van der Waals surface area contributed by atoms with Gasteiger partial charge in [0.15, 0.2) is 0 Å². The van der Waals surface area contributed by atoms with Crippen molar-refractivity contribution in [1.82, 2.24) is 5.32 Å². The standard InChI is InChI=1S/C10H21B2N/c1-13-10(11,12)6-9-7-2-3-8(9)5-4-7/h7-9,13H,2-6,11-12H2,1H3. The molecule has 13 heavy (non-hydrogen) atoms. The summed E-state index contributed by atoms with van der Waals surface area (Å²) in [6.07, 6.45) is 7.48. The lowest BCUT2D eigenvalue weighted by atomic mass is 9.57. The second-order valence-electron chi connectivity index (χ2n) is 5.68. The molecule has 3 heteroatoms. The van der Waals surface area contributed by atoms with Gasteiger partial charge >= 0.3 is 0 Å². The highest BCUT2D eigenvalue weighted by Crippen LogP contribution is 2.51. The van der Waals surface area contributed by atoms with Crippen LogP contribution in [0.25, 0.3) is 0 Å². The number of rotatable bonds is 3. The summed E-state index contributed by atoms with van der Waals surface area (Å²) >= 11 is 0. The maximum Gasteiger partial charge on any atom is 0.116 e. The molecule has 0 saturated heterocycles. The first-order chi connectivity index (χ1) is 6.12. The van der Waals surface area contributed by atoms with Crippen LogP contribution in [0.3, 0.4) is 0 Å². The molecule has 0 spiro atoms. The summed E-state index contributed by atoms with van der Waals surface area (Å²) in [5.41, 5.74) is 0. The van der Waals surface area contributed by atoms with E-state index in [4.69, 9.17) is 0 Å². The van der Waals surface area contributed by atoms with Crippen LogP contribution < -0.4 is 5.32 Å². The normalized spacial score (nSPS) is 38.4. The Balaban J connectivity index is 1.95. The molecule has 0 unspecified atom stereocenters. The molecule has 0 heterocycles. The van der Waals surface area contributed by atoms with E-state index in [0.29, 0.717) is 5.34 Å². The Morgan fingerprint density at radius 3 is 2.00 bits per heavy atom. The van der Waals surface area contributed by atoms with Crippen molar-refractivity contribution in [3.05, 3.63) is 0 Å². The van der Waals surface area contributed by atoms with E-state index in [-0.39, 0.29) is 0 Å². The summed E-state index contributed by atoms with van der Waals surface area (Å²) in [4.78, 5) is 0. The first-order valence-electron chi connectivity index (χ1n) is 5.81. The average molecular weight is 177 g/mol. The van der Waals surface area contributed by atoms with E-state index in [0.717, 1.165) is 17.8 Å². The van der Waals surface area contributed by atoms with Crippen LogP contribution in [0.15, 0.2) is 0 Å². The van der Waals surface area contributed by atoms with Crippen molar-refractivity contribution in [2.45, 2.75) is 37.4 Å². The molecule has 0 aromatic carbocycles. The zero-order valence-electron chi connectivity index (χ0n) is 9.27. The van der Waals surface area contributed by atoms with E-state index in [1.54, 1.807) is 0 Å². The summed E-state index contributed by atoms with van der Waals surface area (Å²) in [5, 5.41) is 3.79. The second kappa shape index (κ2) is 3.34. The molecule has 2 aliphatic carbocycles. The topological polar surface area (TPSA) is 12.0 Å². The average Bonchev–Trinajstić information content (AvgIpc) is 2.65. The lowest BCUT2D eigenvalue weighted by molar-refractivity contribution is 0.345. The maximum atomic E-state index is 3.44. The third-order valence-electron chi connectivity index (χ3n) is 4.45. The molecule has 0 aliphatic heterocycles. The van der Waals surface area contributed by atoms with Crippen LogP contribution >= 0.6 is 0 Å². The predicted octanol–water partition coefficient (Wildman–Crippen LogP) is -0.0479. The minimum absolute atomic E-state index is 0.357. The van der Waals surface area contributed by atoms with Crippen molar-refractivity contribution >= 4 is 15.7 Å². The van der Waals surface area contributed by atoms with Crippen molar-refractivity contribution < 1.29 is 0 Å². The highest BCUT2D eigenvalue weighted by Gasteiger charge is 2.42. The van der Waals surface area contributed by atoms with Gasteiger partial charge < -0.3 is 5.32 Å². The number of hydrogen-bond acceptors (Lipinski definition) is 1. The molecule has 72 valence electrons. The van der Waals surface area contributed by atoms with Crippen LogP contribution in [0.1, 0.15) is 32.1 Å². The van der Waals surface area contributed by atoms with Crippen LogP contribution in [0.2, 0.25) is 0 Å². The quantitative estimate of drug-likeness (QED) is 0.596. The third kappa shape index (κ3) is 1.81. The van der Waals surface area contributed by atoms with E-state index in [2.05, 4.69) is 28.1 Å². The van der Waals surface area contributed by atoms with Crippen LogP contribution in [0.5, 0.6) is 0 Å². The van der Waals surface area contributed by atoms with Gasteiger partial charge in [0.25, 0.3) is 0 Å². The van der Waals surface area contributed by atoms with Gasteiger partial charge in [-0.3, -0.25) is 0 Å². The lowest BCUT2D eigenvalue weighted by Crippen LogP contribution is -2.46. The first kappa shape index (κ1) is 9.64. The molecule has 2 rings (SSSR count). The zero-order valence-corrected chi connectivity index (χ0v) is 9.27. The minimum atomic E-state index is 0.357. The molecule has 2 fully saturated rings. The Hall–Kier alpha value is 0.0899. The number of hydrogen-bond donors (Lipinski definition) is 1. The Bertz CT molecular complexity index is 173. The van der Waals surface area contributed by atoms with Crippen LogP contribution in [-0.2, 0) is 0 Å². The fraction of sp³-hybridized carbons (Fsp3) is 1.00. The molecule has 0 radical (unpaired) electrons. The Morgan fingerprint density at radius 2 is 1.62 bits per heavy atom. The summed E-state index contributed by atoms with van der Waals surface area (Å²) in [7, 11) is 6.77. The minimum Gasteiger partial charge on any atom is -0.330 e. The molecule has 2 saturated carbocycles. The van der Waals surface area contributed by atoms with Crippen LogP contribution in [-0.4, -0.2) is 28.1 Å².